The zero-order valence-corrected chi connectivity index (χ0v) is 19.4. The molecule has 0 aliphatic rings. The number of unbranched alkanes of at least 4 members (excludes halogenated alkanes) is 1. The maximum absolute atomic E-state index is 13.2. The third kappa shape index (κ3) is 6.69. The van der Waals surface area contributed by atoms with Crippen molar-refractivity contribution in [2.24, 2.45) is 0 Å². The van der Waals surface area contributed by atoms with Crippen LogP contribution in [0.3, 0.4) is 0 Å². The van der Waals surface area contributed by atoms with Crippen LogP contribution in [0.15, 0.2) is 41.7 Å². The van der Waals surface area contributed by atoms with Gasteiger partial charge in [-0.1, -0.05) is 25.5 Å². The molecule has 0 amide bonds. The summed E-state index contributed by atoms with van der Waals surface area (Å²) in [5, 5.41) is 0.130. The Morgan fingerprint density at radius 3 is 2.68 bits per heavy atom. The highest BCUT2D eigenvalue weighted by Gasteiger charge is 2.29. The van der Waals surface area contributed by atoms with E-state index in [4.69, 9.17) is 14.2 Å². The molecule has 184 valence electrons. The van der Waals surface area contributed by atoms with Gasteiger partial charge in [-0.25, -0.2) is 9.78 Å². The smallest absolute Gasteiger partial charge is 0.484 e. The number of fused-ring (bicyclic) bond motifs is 1. The first-order valence-electron chi connectivity index (χ1n) is 10.5. The molecule has 1 atom stereocenters. The lowest BCUT2D eigenvalue weighted by atomic mass is 10.2. The first kappa shape index (κ1) is 25.5. The van der Waals surface area contributed by atoms with Gasteiger partial charge in [0.05, 0.1) is 39.9 Å². The summed E-state index contributed by atoms with van der Waals surface area (Å²) < 4.78 is 67.3. The van der Waals surface area contributed by atoms with Crippen molar-refractivity contribution in [3.05, 3.63) is 47.8 Å². The minimum absolute atomic E-state index is 0.00554. The van der Waals surface area contributed by atoms with Gasteiger partial charge in [-0.05, 0) is 31.5 Å². The van der Waals surface area contributed by atoms with Crippen LogP contribution >= 0.6 is 0 Å². The van der Waals surface area contributed by atoms with E-state index in [-0.39, 0.29) is 30.0 Å². The molecule has 0 unspecified atom stereocenters. The molecule has 3 aromatic rings. The van der Waals surface area contributed by atoms with Crippen LogP contribution in [0.4, 0.5) is 18.0 Å². The minimum Gasteiger partial charge on any atom is -0.484 e. The molecule has 2 aromatic heterocycles. The zero-order valence-electron chi connectivity index (χ0n) is 18.6. The number of halogens is 3. The second-order valence-electron chi connectivity index (χ2n) is 7.31. The molecule has 1 aromatic carbocycles. The van der Waals surface area contributed by atoms with Crippen molar-refractivity contribution in [3.63, 3.8) is 0 Å². The van der Waals surface area contributed by atoms with Crippen LogP contribution in [0.2, 0.25) is 0 Å². The van der Waals surface area contributed by atoms with E-state index in [0.717, 1.165) is 6.42 Å². The molecule has 0 radical (unpaired) electrons. The normalized spacial score (nSPS) is 12.5. The number of para-hydroxylation sites is 2. The molecule has 0 N–H and O–H groups in total. The number of imidazole rings is 1. The lowest BCUT2D eigenvalue weighted by Gasteiger charge is -2.14. The van der Waals surface area contributed by atoms with E-state index in [1.54, 1.807) is 31.2 Å². The fraction of sp³-hybridized carbons (Fsp3) is 0.409. The first-order chi connectivity index (χ1) is 16.2. The first-order valence-corrected chi connectivity index (χ1v) is 11.8. The fourth-order valence-corrected chi connectivity index (χ4v) is 4.29. The average Bonchev–Trinajstić information content (AvgIpc) is 3.16. The minimum atomic E-state index is -4.48. The molecule has 0 spiro atoms. The van der Waals surface area contributed by atoms with Crippen LogP contribution in [-0.2, 0) is 32.8 Å². The van der Waals surface area contributed by atoms with Crippen molar-refractivity contribution in [1.82, 2.24) is 14.5 Å². The second kappa shape index (κ2) is 11.3. The number of aromatic nitrogens is 3. The lowest BCUT2D eigenvalue weighted by Crippen LogP contribution is -2.20. The number of rotatable bonds is 10. The molecule has 0 aliphatic carbocycles. The van der Waals surface area contributed by atoms with Crippen molar-refractivity contribution < 1.29 is 36.4 Å². The molecule has 2 heterocycles. The molecule has 34 heavy (non-hydrogen) atoms. The van der Waals surface area contributed by atoms with E-state index in [1.807, 2.05) is 6.92 Å². The molecule has 0 saturated carbocycles. The van der Waals surface area contributed by atoms with Gasteiger partial charge in [-0.15, -0.1) is 0 Å². The summed E-state index contributed by atoms with van der Waals surface area (Å²) in [6.45, 7) is 2.03. The predicted molar refractivity (Wildman–Crippen MR) is 118 cm³/mol. The summed E-state index contributed by atoms with van der Waals surface area (Å²) in [4.78, 5) is 20.4. The van der Waals surface area contributed by atoms with Gasteiger partial charge in [0, 0.05) is 11.8 Å². The summed E-state index contributed by atoms with van der Waals surface area (Å²) in [5.41, 5.74) is 1.79. The van der Waals surface area contributed by atoms with Gasteiger partial charge in [0.15, 0.2) is 13.3 Å². The van der Waals surface area contributed by atoms with Gasteiger partial charge < -0.3 is 14.2 Å². The Hall–Kier alpha value is -3.15. The van der Waals surface area contributed by atoms with Crippen molar-refractivity contribution in [3.8, 4) is 5.75 Å². The van der Waals surface area contributed by atoms with E-state index in [2.05, 4.69) is 9.97 Å². The standard InChI is InChI=1S/C22H24F3N3O5S/c1-3-4-11-31-21(29)33-14-28-18-8-6-5-7-16(18)27-20(28)34(30)12-17-15(2)19(9-10-26-17)32-13-22(23,24)25/h5-10H,3-4,11-14H2,1-2H3/t34-/m1/s1. The van der Waals surface area contributed by atoms with Crippen LogP contribution in [-0.4, -0.2) is 44.3 Å². The van der Waals surface area contributed by atoms with Gasteiger partial charge in [-0.3, -0.25) is 13.8 Å². The number of ether oxygens (including phenoxy) is 3. The zero-order chi connectivity index (χ0) is 24.7. The molecule has 0 aliphatic heterocycles. The Bertz CT molecular complexity index is 1170. The van der Waals surface area contributed by atoms with Crippen molar-refractivity contribution in [1.29, 1.82) is 0 Å². The van der Waals surface area contributed by atoms with Gasteiger partial charge in [0.2, 0.25) is 5.16 Å². The van der Waals surface area contributed by atoms with E-state index in [9.17, 15) is 22.2 Å². The number of hydrogen-bond donors (Lipinski definition) is 0. The highest BCUT2D eigenvalue weighted by Crippen LogP contribution is 2.26. The second-order valence-corrected chi connectivity index (χ2v) is 8.66. The van der Waals surface area contributed by atoms with E-state index >= 15 is 0 Å². The number of carbonyl (C=O) groups excluding carboxylic acids is 1. The molecule has 8 nitrogen and oxygen atoms in total. The number of nitrogens with zero attached hydrogens (tertiary/aromatic N) is 3. The Kier molecular flexibility index (Phi) is 8.48. The molecule has 3 rings (SSSR count). The van der Waals surface area contributed by atoms with Crippen LogP contribution in [0, 0.1) is 6.92 Å². The van der Waals surface area contributed by atoms with Crippen molar-refractivity contribution >= 4 is 28.0 Å². The predicted octanol–water partition coefficient (Wildman–Crippen LogP) is 4.90. The van der Waals surface area contributed by atoms with Crippen LogP contribution in [0.1, 0.15) is 31.0 Å². The number of pyridine rings is 1. The summed E-state index contributed by atoms with van der Waals surface area (Å²) in [7, 11) is -1.76. The maximum atomic E-state index is 13.2. The number of alkyl halides is 3. The van der Waals surface area contributed by atoms with Gasteiger partial charge in [0.25, 0.3) is 0 Å². The summed E-state index contributed by atoms with van der Waals surface area (Å²) in [6, 6.07) is 8.31. The van der Waals surface area contributed by atoms with E-state index in [1.165, 1.54) is 16.8 Å². The SMILES string of the molecule is CCCCOC(=O)OCn1c([S@](=O)Cc2nccc(OCC(F)(F)F)c2C)nc2ccccc21. The monoisotopic (exact) mass is 499 g/mol. The maximum Gasteiger partial charge on any atom is 0.510 e. The Balaban J connectivity index is 1.80. The van der Waals surface area contributed by atoms with Crippen molar-refractivity contribution in [2.75, 3.05) is 13.2 Å². The van der Waals surface area contributed by atoms with Crippen molar-refractivity contribution in [2.45, 2.75) is 50.5 Å². The van der Waals surface area contributed by atoms with Crippen LogP contribution in [0.5, 0.6) is 5.75 Å². The van der Waals surface area contributed by atoms with Gasteiger partial charge >= 0.3 is 12.3 Å². The largest absolute Gasteiger partial charge is 0.510 e. The third-order valence-electron chi connectivity index (χ3n) is 4.77. The fourth-order valence-electron chi connectivity index (χ4n) is 3.02. The Morgan fingerprint density at radius 1 is 1.18 bits per heavy atom. The van der Waals surface area contributed by atoms with Crippen LogP contribution in [0.25, 0.3) is 11.0 Å². The quantitative estimate of drug-likeness (QED) is 0.289. The lowest BCUT2D eigenvalue weighted by molar-refractivity contribution is -0.153. The number of carbonyl (C=O) groups is 1. The molecular weight excluding hydrogens is 475 g/mol. The summed E-state index contributed by atoms with van der Waals surface area (Å²) in [6.07, 6.45) is -2.48. The van der Waals surface area contributed by atoms with E-state index < -0.39 is 29.7 Å². The molecule has 12 heteroatoms. The van der Waals surface area contributed by atoms with Gasteiger partial charge in [-0.2, -0.15) is 13.2 Å². The Morgan fingerprint density at radius 2 is 1.94 bits per heavy atom. The van der Waals surface area contributed by atoms with E-state index in [0.29, 0.717) is 28.7 Å². The average molecular weight is 500 g/mol. The highest BCUT2D eigenvalue weighted by atomic mass is 32.2. The molecule has 0 saturated heterocycles. The van der Waals surface area contributed by atoms with Crippen LogP contribution < -0.4 is 4.74 Å². The summed E-state index contributed by atoms with van der Waals surface area (Å²) in [5.74, 6) is -0.120. The van der Waals surface area contributed by atoms with Gasteiger partial charge in [0.1, 0.15) is 5.75 Å². The number of benzene rings is 1. The molecule has 0 fully saturated rings. The highest BCUT2D eigenvalue weighted by molar-refractivity contribution is 7.84. The molecule has 0 bridgehead atoms. The Labute approximate surface area is 196 Å². The topological polar surface area (TPSA) is 92.5 Å². The third-order valence-corrected chi connectivity index (χ3v) is 6.02. The number of hydrogen-bond acceptors (Lipinski definition) is 7. The summed E-state index contributed by atoms with van der Waals surface area (Å²) >= 11 is 0. The molecular formula is C22H24F3N3O5S.